The lowest BCUT2D eigenvalue weighted by atomic mass is 9.87. The fourth-order valence-corrected chi connectivity index (χ4v) is 3.08. The van der Waals surface area contributed by atoms with Crippen LogP contribution in [0.1, 0.15) is 19.3 Å². The van der Waals surface area contributed by atoms with Gasteiger partial charge in [0.05, 0.1) is 6.61 Å². The Morgan fingerprint density at radius 1 is 1.21 bits per heavy atom. The zero-order valence-corrected chi connectivity index (χ0v) is 12.9. The maximum atomic E-state index is 6.14. The van der Waals surface area contributed by atoms with Gasteiger partial charge in [0.2, 0.25) is 0 Å². The molecule has 0 aromatic carbocycles. The summed E-state index contributed by atoms with van der Waals surface area (Å²) in [5.74, 6) is 0. The lowest BCUT2D eigenvalue weighted by Crippen LogP contribution is -2.62. The van der Waals surface area contributed by atoms with E-state index in [-0.39, 0.29) is 5.54 Å². The van der Waals surface area contributed by atoms with E-state index in [0.717, 1.165) is 39.3 Å². The van der Waals surface area contributed by atoms with Crippen LogP contribution in [0.5, 0.6) is 0 Å². The van der Waals surface area contributed by atoms with Crippen LogP contribution in [0.25, 0.3) is 0 Å². The monoisotopic (exact) mass is 273 g/mol. The van der Waals surface area contributed by atoms with E-state index in [0.29, 0.717) is 6.54 Å². The summed E-state index contributed by atoms with van der Waals surface area (Å²) in [6.07, 6.45) is 3.46. The van der Waals surface area contributed by atoms with Crippen LogP contribution >= 0.6 is 0 Å². The number of piperidine rings is 1. The number of ether oxygens (including phenoxy) is 2. The highest BCUT2D eigenvalue weighted by Gasteiger charge is 2.38. The third-order valence-electron chi connectivity index (χ3n) is 4.14. The number of likely N-dealkylation sites (tertiary alicyclic amines) is 1. The van der Waals surface area contributed by atoms with Crippen molar-refractivity contribution in [3.8, 4) is 0 Å². The molecule has 0 saturated carbocycles. The summed E-state index contributed by atoms with van der Waals surface area (Å²) in [4.78, 5) is 4.91. The average molecular weight is 273 g/mol. The Morgan fingerprint density at radius 3 is 2.53 bits per heavy atom. The van der Waals surface area contributed by atoms with Gasteiger partial charge in [0, 0.05) is 52.5 Å². The number of likely N-dealkylation sites (N-methyl/N-ethyl adjacent to an activating group) is 1. The number of nitrogens with two attached hydrogens (primary N) is 1. The van der Waals surface area contributed by atoms with E-state index >= 15 is 0 Å². The molecule has 1 fully saturated rings. The minimum atomic E-state index is 0.110. The van der Waals surface area contributed by atoms with Gasteiger partial charge >= 0.3 is 0 Å². The molecule has 0 aliphatic carbocycles. The van der Waals surface area contributed by atoms with Crippen molar-refractivity contribution in [1.82, 2.24) is 9.80 Å². The second-order valence-electron chi connectivity index (χ2n) is 5.60. The highest BCUT2D eigenvalue weighted by molar-refractivity contribution is 4.97. The van der Waals surface area contributed by atoms with Crippen molar-refractivity contribution in [2.24, 2.45) is 5.73 Å². The van der Waals surface area contributed by atoms with Crippen LogP contribution in [0.3, 0.4) is 0 Å². The SMILES string of the molecule is COCCCN(CCOC)C1(CN)CCCN(C)C1. The minimum Gasteiger partial charge on any atom is -0.385 e. The maximum absolute atomic E-state index is 6.14. The fraction of sp³-hybridized carbons (Fsp3) is 1.00. The average Bonchev–Trinajstić information content (AvgIpc) is 2.42. The highest BCUT2D eigenvalue weighted by atomic mass is 16.5. The van der Waals surface area contributed by atoms with Crippen molar-refractivity contribution in [3.63, 3.8) is 0 Å². The van der Waals surface area contributed by atoms with Crippen LogP contribution in [0.4, 0.5) is 0 Å². The quantitative estimate of drug-likeness (QED) is 0.616. The summed E-state index contributed by atoms with van der Waals surface area (Å²) < 4.78 is 10.4. The van der Waals surface area contributed by atoms with E-state index in [1.165, 1.54) is 19.4 Å². The van der Waals surface area contributed by atoms with Crippen LogP contribution < -0.4 is 5.73 Å². The summed E-state index contributed by atoms with van der Waals surface area (Å²) in [6, 6.07) is 0. The Hall–Kier alpha value is -0.200. The van der Waals surface area contributed by atoms with Gasteiger partial charge < -0.3 is 20.1 Å². The van der Waals surface area contributed by atoms with E-state index in [9.17, 15) is 0 Å². The van der Waals surface area contributed by atoms with Crippen molar-refractivity contribution >= 4 is 0 Å². The van der Waals surface area contributed by atoms with Crippen molar-refractivity contribution in [2.75, 3.05) is 67.2 Å². The topological polar surface area (TPSA) is 51.0 Å². The zero-order chi connectivity index (χ0) is 14.1. The van der Waals surface area contributed by atoms with Gasteiger partial charge in [0.15, 0.2) is 0 Å². The summed E-state index contributed by atoms with van der Waals surface area (Å²) in [6.45, 7) is 6.50. The molecule has 0 bridgehead atoms. The van der Waals surface area contributed by atoms with Crippen LogP contribution in [0, 0.1) is 0 Å². The molecule has 0 aromatic heterocycles. The molecule has 1 atom stereocenters. The number of hydrogen-bond donors (Lipinski definition) is 1. The first-order valence-corrected chi connectivity index (χ1v) is 7.30. The number of hydrogen-bond acceptors (Lipinski definition) is 5. The molecular formula is C14H31N3O2. The molecule has 0 amide bonds. The van der Waals surface area contributed by atoms with E-state index in [1.807, 2.05) is 0 Å². The van der Waals surface area contributed by atoms with Crippen molar-refractivity contribution < 1.29 is 9.47 Å². The molecule has 0 radical (unpaired) electrons. The Kier molecular flexibility index (Phi) is 7.87. The second kappa shape index (κ2) is 8.87. The molecule has 5 nitrogen and oxygen atoms in total. The van der Waals surface area contributed by atoms with E-state index in [1.54, 1.807) is 14.2 Å². The minimum absolute atomic E-state index is 0.110. The molecule has 19 heavy (non-hydrogen) atoms. The standard InChI is InChI=1S/C14H31N3O2/c1-16-7-4-6-14(12-15,13-16)17(9-11-19-3)8-5-10-18-2/h4-13,15H2,1-3H3. The van der Waals surface area contributed by atoms with Gasteiger partial charge in [0.25, 0.3) is 0 Å². The van der Waals surface area contributed by atoms with Crippen LogP contribution in [0.15, 0.2) is 0 Å². The first-order valence-electron chi connectivity index (χ1n) is 7.30. The zero-order valence-electron chi connectivity index (χ0n) is 12.9. The highest BCUT2D eigenvalue weighted by Crippen LogP contribution is 2.26. The van der Waals surface area contributed by atoms with Crippen molar-refractivity contribution in [3.05, 3.63) is 0 Å². The van der Waals surface area contributed by atoms with Crippen LogP contribution in [-0.4, -0.2) is 82.5 Å². The first-order chi connectivity index (χ1) is 9.18. The molecule has 2 N–H and O–H groups in total. The van der Waals surface area contributed by atoms with E-state index in [2.05, 4.69) is 16.8 Å². The van der Waals surface area contributed by atoms with Gasteiger partial charge in [-0.05, 0) is 32.9 Å². The number of rotatable bonds is 9. The van der Waals surface area contributed by atoms with Crippen LogP contribution in [0.2, 0.25) is 0 Å². The molecule has 1 heterocycles. The third kappa shape index (κ3) is 5.00. The Balaban J connectivity index is 2.66. The van der Waals surface area contributed by atoms with E-state index < -0.39 is 0 Å². The van der Waals surface area contributed by atoms with Gasteiger partial charge in [-0.15, -0.1) is 0 Å². The predicted octanol–water partition coefficient (Wildman–Crippen LogP) is 0.394. The van der Waals surface area contributed by atoms with Gasteiger partial charge in [0.1, 0.15) is 0 Å². The molecule has 1 rings (SSSR count). The van der Waals surface area contributed by atoms with Crippen LogP contribution in [-0.2, 0) is 9.47 Å². The molecule has 114 valence electrons. The molecule has 1 unspecified atom stereocenters. The number of nitrogens with zero attached hydrogens (tertiary/aromatic N) is 2. The van der Waals surface area contributed by atoms with Crippen molar-refractivity contribution in [2.45, 2.75) is 24.8 Å². The smallest absolute Gasteiger partial charge is 0.0589 e. The molecule has 5 heteroatoms. The van der Waals surface area contributed by atoms with E-state index in [4.69, 9.17) is 15.2 Å². The lowest BCUT2D eigenvalue weighted by Gasteiger charge is -2.48. The summed E-state index contributed by atoms with van der Waals surface area (Å²) in [5.41, 5.74) is 6.25. The first kappa shape index (κ1) is 16.9. The van der Waals surface area contributed by atoms with Gasteiger partial charge in [-0.1, -0.05) is 0 Å². The van der Waals surface area contributed by atoms with Gasteiger partial charge in [-0.25, -0.2) is 0 Å². The normalized spacial score (nSPS) is 25.1. The fourth-order valence-electron chi connectivity index (χ4n) is 3.08. The molecule has 0 aromatic rings. The Morgan fingerprint density at radius 2 is 1.95 bits per heavy atom. The summed E-state index contributed by atoms with van der Waals surface area (Å²) >= 11 is 0. The Bertz CT molecular complexity index is 241. The molecule has 1 aliphatic heterocycles. The molecule has 0 spiro atoms. The third-order valence-corrected chi connectivity index (χ3v) is 4.14. The Labute approximate surface area is 118 Å². The lowest BCUT2D eigenvalue weighted by molar-refractivity contribution is 0.00522. The number of methoxy groups -OCH3 is 2. The molecule has 1 aliphatic rings. The second-order valence-corrected chi connectivity index (χ2v) is 5.60. The maximum Gasteiger partial charge on any atom is 0.0589 e. The van der Waals surface area contributed by atoms with Gasteiger partial charge in [-0.2, -0.15) is 0 Å². The summed E-state index contributed by atoms with van der Waals surface area (Å²) in [7, 11) is 5.70. The van der Waals surface area contributed by atoms with Crippen molar-refractivity contribution in [1.29, 1.82) is 0 Å². The summed E-state index contributed by atoms with van der Waals surface area (Å²) in [5, 5.41) is 0. The molecular weight excluding hydrogens is 242 g/mol. The largest absolute Gasteiger partial charge is 0.385 e. The molecule has 1 saturated heterocycles. The van der Waals surface area contributed by atoms with Gasteiger partial charge in [-0.3, -0.25) is 4.90 Å². The predicted molar refractivity (Wildman–Crippen MR) is 78.5 cm³/mol.